The lowest BCUT2D eigenvalue weighted by Crippen LogP contribution is -2.47. The molecule has 6 nitrogen and oxygen atoms in total. The van der Waals surface area contributed by atoms with Gasteiger partial charge in [-0.1, -0.05) is 0 Å². The van der Waals surface area contributed by atoms with Crippen LogP contribution in [0.25, 0.3) is 0 Å². The number of methoxy groups -OCH3 is 1. The van der Waals surface area contributed by atoms with Crippen molar-refractivity contribution in [3.05, 3.63) is 12.3 Å². The Morgan fingerprint density at radius 1 is 1.56 bits per heavy atom. The molecule has 0 amide bonds. The SMILES string of the molecule is COc1ccnc(N2CCO[C@@H](CN(C)C)C2)n1. The molecule has 1 aromatic heterocycles. The van der Waals surface area contributed by atoms with E-state index in [-0.39, 0.29) is 6.10 Å². The van der Waals surface area contributed by atoms with E-state index < -0.39 is 0 Å². The van der Waals surface area contributed by atoms with Crippen LogP contribution in [0.1, 0.15) is 0 Å². The van der Waals surface area contributed by atoms with Crippen LogP contribution in [0.2, 0.25) is 0 Å². The van der Waals surface area contributed by atoms with Crippen molar-refractivity contribution in [2.45, 2.75) is 6.10 Å². The monoisotopic (exact) mass is 252 g/mol. The van der Waals surface area contributed by atoms with Crippen molar-refractivity contribution >= 4 is 5.95 Å². The number of hydrogen-bond acceptors (Lipinski definition) is 6. The average molecular weight is 252 g/mol. The molecule has 0 aliphatic carbocycles. The maximum Gasteiger partial charge on any atom is 0.228 e. The summed E-state index contributed by atoms with van der Waals surface area (Å²) >= 11 is 0. The summed E-state index contributed by atoms with van der Waals surface area (Å²) in [5, 5.41) is 0. The highest BCUT2D eigenvalue weighted by atomic mass is 16.5. The number of ether oxygens (including phenoxy) is 2. The molecule has 2 rings (SSSR count). The molecule has 2 heterocycles. The molecule has 1 aliphatic heterocycles. The van der Waals surface area contributed by atoms with Crippen LogP contribution in [-0.4, -0.2) is 68.4 Å². The molecule has 0 spiro atoms. The molecule has 0 radical (unpaired) electrons. The van der Waals surface area contributed by atoms with E-state index in [2.05, 4.69) is 19.8 Å². The van der Waals surface area contributed by atoms with E-state index in [1.165, 1.54) is 0 Å². The molecule has 18 heavy (non-hydrogen) atoms. The van der Waals surface area contributed by atoms with Gasteiger partial charge in [0, 0.05) is 31.9 Å². The fraction of sp³-hybridized carbons (Fsp3) is 0.667. The smallest absolute Gasteiger partial charge is 0.228 e. The Bertz CT molecular complexity index is 386. The van der Waals surface area contributed by atoms with E-state index in [0.29, 0.717) is 18.4 Å². The minimum atomic E-state index is 0.198. The van der Waals surface area contributed by atoms with Crippen molar-refractivity contribution in [3.63, 3.8) is 0 Å². The summed E-state index contributed by atoms with van der Waals surface area (Å²) in [6.07, 6.45) is 1.92. The minimum Gasteiger partial charge on any atom is -0.481 e. The highest BCUT2D eigenvalue weighted by Gasteiger charge is 2.22. The maximum atomic E-state index is 5.73. The molecule has 0 unspecified atom stereocenters. The van der Waals surface area contributed by atoms with E-state index >= 15 is 0 Å². The number of morpholine rings is 1. The van der Waals surface area contributed by atoms with Gasteiger partial charge in [0.25, 0.3) is 0 Å². The normalized spacial score (nSPS) is 20.2. The number of nitrogens with zero attached hydrogens (tertiary/aromatic N) is 4. The van der Waals surface area contributed by atoms with Gasteiger partial charge in [0.2, 0.25) is 11.8 Å². The summed E-state index contributed by atoms with van der Waals surface area (Å²) in [4.78, 5) is 12.9. The van der Waals surface area contributed by atoms with E-state index in [1.807, 2.05) is 14.1 Å². The Labute approximate surface area is 108 Å². The molecule has 1 aromatic rings. The summed E-state index contributed by atoms with van der Waals surface area (Å²) in [6.45, 7) is 3.24. The van der Waals surface area contributed by atoms with E-state index in [4.69, 9.17) is 9.47 Å². The lowest BCUT2D eigenvalue weighted by Gasteiger charge is -2.34. The van der Waals surface area contributed by atoms with Crippen LogP contribution in [0.5, 0.6) is 5.88 Å². The quantitative estimate of drug-likeness (QED) is 0.766. The predicted octanol–water partition coefficient (Wildman–Crippen LogP) is 0.252. The number of likely N-dealkylation sites (N-methyl/N-ethyl adjacent to an activating group) is 1. The van der Waals surface area contributed by atoms with E-state index in [1.54, 1.807) is 19.4 Å². The Balaban J connectivity index is 2.03. The zero-order valence-corrected chi connectivity index (χ0v) is 11.2. The van der Waals surface area contributed by atoms with Crippen LogP contribution in [0.4, 0.5) is 5.95 Å². The summed E-state index contributed by atoms with van der Waals surface area (Å²) < 4.78 is 10.8. The fourth-order valence-corrected chi connectivity index (χ4v) is 2.02. The average Bonchev–Trinajstić information content (AvgIpc) is 2.38. The van der Waals surface area contributed by atoms with Gasteiger partial charge in [-0.25, -0.2) is 4.98 Å². The molecule has 1 fully saturated rings. The van der Waals surface area contributed by atoms with Crippen LogP contribution < -0.4 is 9.64 Å². The highest BCUT2D eigenvalue weighted by molar-refractivity contribution is 5.32. The van der Waals surface area contributed by atoms with Crippen molar-refractivity contribution in [2.24, 2.45) is 0 Å². The first-order chi connectivity index (χ1) is 8.69. The van der Waals surface area contributed by atoms with Crippen LogP contribution >= 0.6 is 0 Å². The lowest BCUT2D eigenvalue weighted by atomic mass is 10.2. The third-order valence-electron chi connectivity index (χ3n) is 2.82. The summed E-state index contributed by atoms with van der Waals surface area (Å²) in [5.41, 5.74) is 0. The van der Waals surface area contributed by atoms with Crippen molar-refractivity contribution in [3.8, 4) is 5.88 Å². The van der Waals surface area contributed by atoms with Gasteiger partial charge < -0.3 is 19.3 Å². The first-order valence-corrected chi connectivity index (χ1v) is 6.07. The lowest BCUT2D eigenvalue weighted by molar-refractivity contribution is 0.0242. The van der Waals surface area contributed by atoms with Crippen LogP contribution in [0.15, 0.2) is 12.3 Å². The molecule has 1 aliphatic rings. The Kier molecular flexibility index (Phi) is 4.33. The van der Waals surface area contributed by atoms with Gasteiger partial charge >= 0.3 is 0 Å². The van der Waals surface area contributed by atoms with Crippen LogP contribution in [0.3, 0.4) is 0 Å². The van der Waals surface area contributed by atoms with Gasteiger partial charge in [-0.3, -0.25) is 0 Å². The molecule has 1 atom stereocenters. The summed E-state index contributed by atoms with van der Waals surface area (Å²) in [7, 11) is 5.70. The second-order valence-corrected chi connectivity index (χ2v) is 4.60. The molecule has 0 bridgehead atoms. The first kappa shape index (κ1) is 13.0. The molecule has 1 saturated heterocycles. The minimum absolute atomic E-state index is 0.198. The zero-order chi connectivity index (χ0) is 13.0. The molecular weight excluding hydrogens is 232 g/mol. The van der Waals surface area contributed by atoms with Crippen LogP contribution in [0, 0.1) is 0 Å². The van der Waals surface area contributed by atoms with Crippen molar-refractivity contribution in [1.82, 2.24) is 14.9 Å². The topological polar surface area (TPSA) is 50.7 Å². The standard InChI is InChI=1S/C12H20N4O2/c1-15(2)8-10-9-16(6-7-18-10)12-13-5-4-11(14-12)17-3/h4-5,10H,6-9H2,1-3H3/t10-/m0/s1. The van der Waals surface area contributed by atoms with Gasteiger partial charge in [0.15, 0.2) is 0 Å². The van der Waals surface area contributed by atoms with Gasteiger partial charge in [-0.15, -0.1) is 0 Å². The molecule has 100 valence electrons. The van der Waals surface area contributed by atoms with E-state index in [9.17, 15) is 0 Å². The number of hydrogen-bond donors (Lipinski definition) is 0. The molecule has 0 aromatic carbocycles. The highest BCUT2D eigenvalue weighted by Crippen LogP contribution is 2.15. The Morgan fingerprint density at radius 3 is 3.11 bits per heavy atom. The van der Waals surface area contributed by atoms with Crippen molar-refractivity contribution in [1.29, 1.82) is 0 Å². The Hall–Kier alpha value is -1.40. The first-order valence-electron chi connectivity index (χ1n) is 6.07. The van der Waals surface area contributed by atoms with Gasteiger partial charge in [0.1, 0.15) is 0 Å². The molecular formula is C12H20N4O2. The fourth-order valence-electron chi connectivity index (χ4n) is 2.02. The molecule has 0 saturated carbocycles. The van der Waals surface area contributed by atoms with Gasteiger partial charge in [-0.2, -0.15) is 4.98 Å². The number of aromatic nitrogens is 2. The van der Waals surface area contributed by atoms with E-state index in [0.717, 1.165) is 19.6 Å². The largest absolute Gasteiger partial charge is 0.481 e. The molecule has 6 heteroatoms. The van der Waals surface area contributed by atoms with Crippen LogP contribution in [-0.2, 0) is 4.74 Å². The predicted molar refractivity (Wildman–Crippen MR) is 69.1 cm³/mol. The third-order valence-corrected chi connectivity index (χ3v) is 2.82. The maximum absolute atomic E-state index is 5.73. The summed E-state index contributed by atoms with van der Waals surface area (Å²) in [5.74, 6) is 1.30. The number of rotatable bonds is 4. The summed E-state index contributed by atoms with van der Waals surface area (Å²) in [6, 6.07) is 1.75. The van der Waals surface area contributed by atoms with Crippen molar-refractivity contribution in [2.75, 3.05) is 52.3 Å². The second-order valence-electron chi connectivity index (χ2n) is 4.60. The number of anilines is 1. The van der Waals surface area contributed by atoms with Gasteiger partial charge in [-0.05, 0) is 14.1 Å². The molecule has 0 N–H and O–H groups in total. The van der Waals surface area contributed by atoms with Gasteiger partial charge in [0.05, 0.1) is 19.8 Å². The Morgan fingerprint density at radius 2 is 2.39 bits per heavy atom. The second kappa shape index (κ2) is 5.97. The zero-order valence-electron chi connectivity index (χ0n) is 11.2. The third kappa shape index (κ3) is 3.30. The van der Waals surface area contributed by atoms with Crippen molar-refractivity contribution < 1.29 is 9.47 Å².